The number of nitrogens with two attached hydrogens (primary N) is 1. The van der Waals surface area contributed by atoms with Gasteiger partial charge in [-0.1, -0.05) is 15.9 Å². The quantitative estimate of drug-likeness (QED) is 0.836. The van der Waals surface area contributed by atoms with Crippen molar-refractivity contribution in [2.45, 2.75) is 13.0 Å². The number of nitrogens with zero attached hydrogens (tertiary/aromatic N) is 2. The third-order valence-electron chi connectivity index (χ3n) is 2.99. The first-order valence-corrected chi connectivity index (χ1v) is 7.15. The zero-order valence-electron chi connectivity index (χ0n) is 9.49. The molecule has 0 spiro atoms. The van der Waals surface area contributed by atoms with Crippen molar-refractivity contribution in [1.29, 1.82) is 0 Å². The minimum absolute atomic E-state index is 0.548. The van der Waals surface area contributed by atoms with E-state index in [1.165, 1.54) is 0 Å². The van der Waals surface area contributed by atoms with Gasteiger partial charge in [0.15, 0.2) is 5.82 Å². The lowest BCUT2D eigenvalue weighted by atomic mass is 10.1. The molecule has 0 amide bonds. The summed E-state index contributed by atoms with van der Waals surface area (Å²) in [6.45, 7) is 1.26. The monoisotopic (exact) mass is 371 g/mol. The molecule has 0 radical (unpaired) electrons. The van der Waals surface area contributed by atoms with Crippen molar-refractivity contribution >= 4 is 37.7 Å². The Hall–Kier alpha value is -0.850. The maximum absolute atomic E-state index is 5.95. The molecule has 18 heavy (non-hydrogen) atoms. The molecule has 0 atom stereocenters. The van der Waals surface area contributed by atoms with Crippen molar-refractivity contribution in [2.24, 2.45) is 0 Å². The van der Waals surface area contributed by atoms with Gasteiger partial charge in [-0.15, -0.1) is 0 Å². The van der Waals surface area contributed by atoms with Gasteiger partial charge in [0, 0.05) is 20.9 Å². The predicted molar refractivity (Wildman–Crippen MR) is 76.7 cm³/mol. The van der Waals surface area contributed by atoms with E-state index in [1.54, 1.807) is 0 Å². The predicted octanol–water partition coefficient (Wildman–Crippen LogP) is 3.05. The Morgan fingerprint density at radius 2 is 2.17 bits per heavy atom. The van der Waals surface area contributed by atoms with E-state index < -0.39 is 0 Å². The number of fused-ring (bicyclic) bond motifs is 1. The van der Waals surface area contributed by atoms with Gasteiger partial charge in [-0.2, -0.15) is 5.10 Å². The number of halogens is 2. The summed E-state index contributed by atoms with van der Waals surface area (Å²) in [6.07, 6.45) is 0.832. The fourth-order valence-electron chi connectivity index (χ4n) is 2.11. The smallest absolute Gasteiger partial charge is 0.151 e. The van der Waals surface area contributed by atoms with Gasteiger partial charge in [-0.25, -0.2) is 4.68 Å². The van der Waals surface area contributed by atoms with E-state index in [4.69, 9.17) is 10.5 Å². The van der Waals surface area contributed by atoms with Gasteiger partial charge >= 0.3 is 0 Å². The summed E-state index contributed by atoms with van der Waals surface area (Å²) in [5.41, 5.74) is 9.08. The molecule has 94 valence electrons. The van der Waals surface area contributed by atoms with Crippen molar-refractivity contribution in [3.63, 3.8) is 0 Å². The highest BCUT2D eigenvalue weighted by atomic mass is 79.9. The van der Waals surface area contributed by atoms with Crippen molar-refractivity contribution < 1.29 is 4.74 Å². The van der Waals surface area contributed by atoms with Gasteiger partial charge in [0.05, 0.1) is 24.6 Å². The molecule has 0 saturated heterocycles. The van der Waals surface area contributed by atoms with Crippen LogP contribution in [-0.4, -0.2) is 16.4 Å². The largest absolute Gasteiger partial charge is 0.382 e. The van der Waals surface area contributed by atoms with E-state index in [-0.39, 0.29) is 0 Å². The average Bonchev–Trinajstić information content (AvgIpc) is 2.71. The summed E-state index contributed by atoms with van der Waals surface area (Å²) in [5, 5.41) is 4.43. The summed E-state index contributed by atoms with van der Waals surface area (Å²) in [5.74, 6) is 0.552. The SMILES string of the molecule is Nc1nn(-c2cc(Br)ccc2Br)c2c1COCC2. The maximum Gasteiger partial charge on any atom is 0.151 e. The number of nitrogen functional groups attached to an aromatic ring is 1. The molecular weight excluding hydrogens is 362 g/mol. The molecule has 2 aromatic rings. The lowest BCUT2D eigenvalue weighted by molar-refractivity contribution is 0.110. The number of benzene rings is 1. The Kier molecular flexibility index (Phi) is 3.17. The third-order valence-corrected chi connectivity index (χ3v) is 4.15. The highest BCUT2D eigenvalue weighted by Crippen LogP contribution is 2.30. The molecule has 0 fully saturated rings. The first-order chi connectivity index (χ1) is 8.66. The maximum atomic E-state index is 5.95. The molecular formula is C12H11Br2N3O. The first kappa shape index (κ1) is 12.2. The van der Waals surface area contributed by atoms with E-state index in [0.717, 1.165) is 32.3 Å². The van der Waals surface area contributed by atoms with E-state index in [9.17, 15) is 0 Å². The standard InChI is InChI=1S/C12H11Br2N3O/c13-7-1-2-9(14)11(5-7)17-10-3-4-18-6-8(10)12(15)16-17/h1-2,5H,3-4,6H2,(H2,15,16). The van der Waals surface area contributed by atoms with Crippen LogP contribution in [0, 0.1) is 0 Å². The molecule has 3 rings (SSSR count). The Morgan fingerprint density at radius 3 is 3.00 bits per heavy atom. The molecule has 6 heteroatoms. The van der Waals surface area contributed by atoms with Crippen LogP contribution in [0.2, 0.25) is 0 Å². The van der Waals surface area contributed by atoms with Crippen LogP contribution in [0.5, 0.6) is 0 Å². The van der Waals surface area contributed by atoms with Crippen molar-refractivity contribution in [3.05, 3.63) is 38.4 Å². The highest BCUT2D eigenvalue weighted by Gasteiger charge is 2.21. The normalized spacial score (nSPS) is 14.6. The topological polar surface area (TPSA) is 53.1 Å². The Labute approximate surface area is 121 Å². The van der Waals surface area contributed by atoms with Crippen LogP contribution >= 0.6 is 31.9 Å². The van der Waals surface area contributed by atoms with E-state index in [2.05, 4.69) is 37.0 Å². The van der Waals surface area contributed by atoms with Crippen molar-refractivity contribution in [2.75, 3.05) is 12.3 Å². The van der Waals surface area contributed by atoms with Crippen LogP contribution in [0.1, 0.15) is 11.3 Å². The second-order valence-corrected chi connectivity index (χ2v) is 5.89. The molecule has 1 aliphatic rings. The van der Waals surface area contributed by atoms with Gasteiger partial charge in [-0.05, 0) is 34.1 Å². The second kappa shape index (κ2) is 4.68. The molecule has 0 bridgehead atoms. The summed E-state index contributed by atoms with van der Waals surface area (Å²) in [6, 6.07) is 5.99. The van der Waals surface area contributed by atoms with Gasteiger partial charge in [0.25, 0.3) is 0 Å². The second-order valence-electron chi connectivity index (χ2n) is 4.12. The van der Waals surface area contributed by atoms with Crippen LogP contribution in [0.25, 0.3) is 5.69 Å². The highest BCUT2D eigenvalue weighted by molar-refractivity contribution is 9.11. The number of hydrogen-bond donors (Lipinski definition) is 1. The van der Waals surface area contributed by atoms with Crippen molar-refractivity contribution in [1.82, 2.24) is 9.78 Å². The molecule has 0 saturated carbocycles. The lowest BCUT2D eigenvalue weighted by Crippen LogP contribution is -2.13. The molecule has 1 aromatic heterocycles. The number of rotatable bonds is 1. The number of hydrogen-bond acceptors (Lipinski definition) is 3. The molecule has 2 N–H and O–H groups in total. The zero-order chi connectivity index (χ0) is 12.7. The van der Waals surface area contributed by atoms with Gasteiger partial charge in [0.2, 0.25) is 0 Å². The van der Waals surface area contributed by atoms with E-state index in [0.29, 0.717) is 19.0 Å². The summed E-state index contributed by atoms with van der Waals surface area (Å²) in [4.78, 5) is 0. The minimum Gasteiger partial charge on any atom is -0.382 e. The number of aromatic nitrogens is 2. The molecule has 2 heterocycles. The Balaban J connectivity index is 2.20. The summed E-state index contributed by atoms with van der Waals surface area (Å²) in [7, 11) is 0. The minimum atomic E-state index is 0.548. The molecule has 1 aliphatic heterocycles. The fraction of sp³-hybridized carbons (Fsp3) is 0.250. The lowest BCUT2D eigenvalue weighted by Gasteiger charge is -2.15. The van der Waals surface area contributed by atoms with Crippen LogP contribution < -0.4 is 5.73 Å². The number of anilines is 1. The molecule has 0 unspecified atom stereocenters. The zero-order valence-corrected chi connectivity index (χ0v) is 12.7. The molecule has 1 aromatic carbocycles. The van der Waals surface area contributed by atoms with Crippen LogP contribution in [0.15, 0.2) is 27.1 Å². The van der Waals surface area contributed by atoms with Crippen LogP contribution in [-0.2, 0) is 17.8 Å². The van der Waals surface area contributed by atoms with E-state index >= 15 is 0 Å². The van der Waals surface area contributed by atoms with Crippen LogP contribution in [0.3, 0.4) is 0 Å². The van der Waals surface area contributed by atoms with E-state index in [1.807, 2.05) is 22.9 Å². The summed E-state index contributed by atoms with van der Waals surface area (Å²) < 4.78 is 9.33. The first-order valence-electron chi connectivity index (χ1n) is 5.56. The molecule has 4 nitrogen and oxygen atoms in total. The average molecular weight is 373 g/mol. The van der Waals surface area contributed by atoms with Crippen molar-refractivity contribution in [3.8, 4) is 5.69 Å². The molecule has 0 aliphatic carbocycles. The summed E-state index contributed by atoms with van der Waals surface area (Å²) >= 11 is 7.03. The Morgan fingerprint density at radius 1 is 1.33 bits per heavy atom. The Bertz CT molecular complexity index is 610. The van der Waals surface area contributed by atoms with Gasteiger partial charge in [-0.3, -0.25) is 0 Å². The fourth-order valence-corrected chi connectivity index (χ4v) is 2.87. The van der Waals surface area contributed by atoms with Gasteiger partial charge in [0.1, 0.15) is 0 Å². The third kappa shape index (κ3) is 1.98. The van der Waals surface area contributed by atoms with Gasteiger partial charge < -0.3 is 10.5 Å². The number of ether oxygens (including phenoxy) is 1. The van der Waals surface area contributed by atoms with Crippen LogP contribution in [0.4, 0.5) is 5.82 Å².